The molecule has 43 heavy (non-hydrogen) atoms. The first-order chi connectivity index (χ1) is 20.3. The van der Waals surface area contributed by atoms with Gasteiger partial charge in [-0.15, -0.1) is 0 Å². The fourth-order valence-electron chi connectivity index (χ4n) is 5.15. The molecule has 3 aliphatic rings. The van der Waals surface area contributed by atoms with Crippen molar-refractivity contribution in [2.24, 2.45) is 0 Å². The maximum Gasteiger partial charge on any atom is 0.199 e. The molecule has 2 unspecified atom stereocenters. The highest BCUT2D eigenvalue weighted by Gasteiger charge is 2.49. The van der Waals surface area contributed by atoms with Crippen molar-refractivity contribution < 1.29 is 69.0 Å². The van der Waals surface area contributed by atoms with Gasteiger partial charge in [-0.1, -0.05) is 0 Å². The maximum absolute atomic E-state index is 12.8. The van der Waals surface area contributed by atoms with Crippen molar-refractivity contribution >= 4 is 11.8 Å². The highest BCUT2D eigenvalue weighted by molar-refractivity contribution is 5.59. The van der Waals surface area contributed by atoms with Crippen molar-refractivity contribution in [2.45, 2.75) is 80.5 Å². The Morgan fingerprint density at radius 2 is 1.56 bits per heavy atom. The van der Waals surface area contributed by atoms with E-state index in [0.717, 1.165) is 6.08 Å². The molecule has 15 nitrogen and oxygen atoms in total. The molecule has 2 aromatic rings. The monoisotopic (exact) mass is 610 g/mol. The molecule has 2 aliphatic heterocycles. The molecule has 0 amide bonds. The summed E-state index contributed by atoms with van der Waals surface area (Å²) in [6.07, 6.45) is -15.3. The first kappa shape index (κ1) is 31.5. The molecule has 0 saturated carbocycles. The van der Waals surface area contributed by atoms with Crippen LogP contribution in [0.5, 0.6) is 5.75 Å². The van der Waals surface area contributed by atoms with Crippen LogP contribution < -0.4 is 20.8 Å². The Hall–Kier alpha value is -2.93. The summed E-state index contributed by atoms with van der Waals surface area (Å²) >= 11 is 0. The molecule has 8 N–H and O–H groups in total. The van der Waals surface area contributed by atoms with Crippen molar-refractivity contribution in [3.8, 4) is 17.1 Å². The van der Waals surface area contributed by atoms with E-state index in [4.69, 9.17) is 28.1 Å². The number of ether oxygens (including phenoxy) is 5. The molecule has 2 fully saturated rings. The van der Waals surface area contributed by atoms with Crippen molar-refractivity contribution in [3.05, 3.63) is 51.2 Å². The minimum atomic E-state index is -2.41. The van der Waals surface area contributed by atoms with Crippen LogP contribution in [0.25, 0.3) is 23.2 Å². The van der Waals surface area contributed by atoms with Crippen LogP contribution in [-0.4, -0.2) is 122 Å². The molecule has 5 rings (SSSR count). The maximum atomic E-state index is 12.8. The Balaban J connectivity index is 1.36. The smallest absolute Gasteiger partial charge is 0.199 e. The number of hydrogen-bond acceptors (Lipinski definition) is 15. The number of hydrogen-bond donors (Lipinski definition) is 8. The summed E-state index contributed by atoms with van der Waals surface area (Å²) in [5.41, 5.74) is -0.321. The zero-order valence-corrected chi connectivity index (χ0v) is 23.1. The van der Waals surface area contributed by atoms with E-state index in [0.29, 0.717) is 11.3 Å². The molecule has 0 radical (unpaired) electrons. The lowest BCUT2D eigenvalue weighted by atomic mass is 9.98. The van der Waals surface area contributed by atoms with Crippen molar-refractivity contribution in [3.63, 3.8) is 0 Å². The lowest BCUT2D eigenvalue weighted by Crippen LogP contribution is -2.62. The Bertz CT molecular complexity index is 1470. The van der Waals surface area contributed by atoms with Crippen LogP contribution in [0.2, 0.25) is 0 Å². The van der Waals surface area contributed by atoms with Gasteiger partial charge in [-0.25, -0.2) is 0 Å². The fraction of sp³-hybridized carbons (Fsp3) is 0.536. The molecule has 0 bridgehead atoms. The standard InChI is InChI=1S/C28H34O15/c1-11-20(31)22(33)24(35)26(40-11)39-10-18-21(32)23(34)25(36)27(42-18)43-28(37)8-15(30)19-14(29)7-16(41-17(19)9-28)12-3-5-13(38-2)6-4-12/h3-7,9,11,18,20-27,30-37H,8,10H2,1-2H3/t11-,18+,20-,21+,22+,23-,24+,25+,26+,27?,28?/m0/s1. The van der Waals surface area contributed by atoms with Crippen LogP contribution in [0.1, 0.15) is 13.3 Å². The zero-order valence-electron chi connectivity index (χ0n) is 23.1. The van der Waals surface area contributed by atoms with Gasteiger partial charge in [0.05, 0.1) is 26.2 Å². The number of methoxy groups -OCH3 is 1. The third-order valence-corrected chi connectivity index (χ3v) is 7.64. The van der Waals surface area contributed by atoms with Crippen LogP contribution >= 0.6 is 0 Å². The molecule has 1 aromatic heterocycles. The minimum Gasteiger partial charge on any atom is -0.511 e. The summed E-state index contributed by atoms with van der Waals surface area (Å²) in [5.74, 6) is -2.30. The summed E-state index contributed by atoms with van der Waals surface area (Å²) in [6.45, 7) is 0.893. The number of aliphatic hydroxyl groups is 8. The van der Waals surface area contributed by atoms with Gasteiger partial charge in [0.15, 0.2) is 23.8 Å². The summed E-state index contributed by atoms with van der Waals surface area (Å²) in [6, 6.07) is 7.76. The quantitative estimate of drug-likeness (QED) is 0.142. The van der Waals surface area contributed by atoms with Crippen LogP contribution in [0.4, 0.5) is 0 Å². The Labute approximate surface area is 243 Å². The first-order valence-electron chi connectivity index (χ1n) is 13.5. The van der Waals surface area contributed by atoms with Crippen LogP contribution in [0.3, 0.4) is 0 Å². The third kappa shape index (κ3) is 6.20. The van der Waals surface area contributed by atoms with Gasteiger partial charge < -0.3 is 69.0 Å². The van der Waals surface area contributed by atoms with Crippen molar-refractivity contribution in [2.75, 3.05) is 13.7 Å². The Morgan fingerprint density at radius 3 is 2.23 bits per heavy atom. The average molecular weight is 611 g/mol. The first-order valence-corrected chi connectivity index (χ1v) is 13.5. The normalized spacial score (nSPS) is 37.8. The predicted octanol–water partition coefficient (Wildman–Crippen LogP) is -3.48. The van der Waals surface area contributed by atoms with Crippen LogP contribution in [0.15, 0.2) is 39.5 Å². The van der Waals surface area contributed by atoms with Gasteiger partial charge in [-0.2, -0.15) is 0 Å². The van der Waals surface area contributed by atoms with Crippen molar-refractivity contribution in [1.29, 1.82) is 0 Å². The molecule has 3 heterocycles. The van der Waals surface area contributed by atoms with Crippen LogP contribution in [0, 0.1) is 0 Å². The summed E-state index contributed by atoms with van der Waals surface area (Å²) in [5, 5.41) is 83.3. The van der Waals surface area contributed by atoms with E-state index >= 15 is 0 Å². The minimum absolute atomic E-state index is 0.114. The molecule has 0 spiro atoms. The lowest BCUT2D eigenvalue weighted by Gasteiger charge is -2.44. The SMILES string of the molecule is COc1ccc(-c2cc(=O)c3c(o2)=CC(O)(OC2O[C@H](CO[C@@H]4O[C@@H](C)[C@H](O)[C@@H](O)[C@H]4O)[C@@H](O)[C@H](O)[C@H]2O)CC=3O)cc1. The van der Waals surface area contributed by atoms with E-state index in [2.05, 4.69) is 0 Å². The number of fused-ring (bicyclic) bond motifs is 1. The number of rotatable bonds is 7. The Morgan fingerprint density at radius 1 is 0.907 bits per heavy atom. The second-order valence-electron chi connectivity index (χ2n) is 10.7. The number of benzene rings is 1. The second kappa shape index (κ2) is 12.2. The third-order valence-electron chi connectivity index (χ3n) is 7.64. The topological polar surface area (TPSA) is 238 Å². The van der Waals surface area contributed by atoms with Gasteiger partial charge in [0.25, 0.3) is 0 Å². The van der Waals surface area contributed by atoms with E-state index < -0.39 is 91.4 Å². The molecule has 15 heteroatoms. The van der Waals surface area contributed by atoms with Gasteiger partial charge >= 0.3 is 0 Å². The zero-order chi connectivity index (χ0) is 31.2. The number of aliphatic hydroxyl groups excluding tert-OH is 7. The average Bonchev–Trinajstić information content (AvgIpc) is 2.97. The molecule has 11 atom stereocenters. The highest BCUT2D eigenvalue weighted by Crippen LogP contribution is 2.31. The van der Waals surface area contributed by atoms with Gasteiger partial charge in [0, 0.05) is 17.7 Å². The van der Waals surface area contributed by atoms with Gasteiger partial charge in [-0.05, 0) is 31.2 Å². The second-order valence-corrected chi connectivity index (χ2v) is 10.7. The fourth-order valence-corrected chi connectivity index (χ4v) is 5.15. The van der Waals surface area contributed by atoms with Gasteiger partial charge in [0.1, 0.15) is 70.6 Å². The van der Waals surface area contributed by atoms with E-state index in [1.54, 1.807) is 24.3 Å². The largest absolute Gasteiger partial charge is 0.511 e. The van der Waals surface area contributed by atoms with Gasteiger partial charge in [-0.3, -0.25) is 4.79 Å². The summed E-state index contributed by atoms with van der Waals surface area (Å²) < 4.78 is 32.9. The molecule has 1 aromatic carbocycles. The molecule has 1 aliphatic carbocycles. The predicted molar refractivity (Wildman–Crippen MR) is 142 cm³/mol. The Kier molecular flexibility index (Phi) is 8.95. The van der Waals surface area contributed by atoms with Crippen molar-refractivity contribution in [1.82, 2.24) is 0 Å². The van der Waals surface area contributed by atoms with E-state index in [1.165, 1.54) is 20.1 Å². The van der Waals surface area contributed by atoms with Crippen LogP contribution in [-0.2, 0) is 18.9 Å². The van der Waals surface area contributed by atoms with E-state index in [1.807, 2.05) is 0 Å². The van der Waals surface area contributed by atoms with E-state index in [9.17, 15) is 45.6 Å². The summed E-state index contributed by atoms with van der Waals surface area (Å²) in [4.78, 5) is 12.8. The van der Waals surface area contributed by atoms with Gasteiger partial charge in [0.2, 0.25) is 0 Å². The molecule has 236 valence electrons. The van der Waals surface area contributed by atoms with E-state index in [-0.39, 0.29) is 16.4 Å². The molecular formula is C28H34O15. The molecular weight excluding hydrogens is 576 g/mol. The highest BCUT2D eigenvalue weighted by atomic mass is 16.8. The molecule has 2 saturated heterocycles. The summed E-state index contributed by atoms with van der Waals surface area (Å²) in [7, 11) is 1.50. The lowest BCUT2D eigenvalue weighted by molar-refractivity contribution is -0.356.